The molecule has 4 nitrogen and oxygen atoms in total. The Morgan fingerprint density at radius 3 is 2.50 bits per heavy atom. The van der Waals surface area contributed by atoms with Crippen LogP contribution in [0.25, 0.3) is 0 Å². The Morgan fingerprint density at radius 1 is 1.43 bits per heavy atom. The summed E-state index contributed by atoms with van der Waals surface area (Å²) in [6, 6.07) is 6.32. The van der Waals surface area contributed by atoms with Crippen molar-refractivity contribution in [1.82, 2.24) is 5.06 Å². The predicted octanol–water partition coefficient (Wildman–Crippen LogP) is 1.65. The van der Waals surface area contributed by atoms with E-state index in [1.807, 2.05) is 12.1 Å². The lowest BCUT2D eigenvalue weighted by atomic mass is 10.1. The van der Waals surface area contributed by atoms with Gasteiger partial charge in [0, 0.05) is 5.02 Å². The fraction of sp³-hybridized carbons (Fsp3) is 0.222. The van der Waals surface area contributed by atoms with Crippen LogP contribution >= 0.6 is 11.6 Å². The van der Waals surface area contributed by atoms with Gasteiger partial charge in [-0.1, -0.05) is 23.7 Å². The van der Waals surface area contributed by atoms with E-state index >= 15 is 0 Å². The van der Waals surface area contributed by atoms with E-state index in [1.165, 1.54) is 0 Å². The summed E-state index contributed by atoms with van der Waals surface area (Å²) in [4.78, 5) is 10.5. The topological polar surface area (TPSA) is 66.6 Å². The molecule has 14 heavy (non-hydrogen) atoms. The molecule has 0 spiro atoms. The number of benzene rings is 1. The number of nitrogens with two attached hydrogens (primary N) is 1. The first-order chi connectivity index (χ1) is 6.59. The molecule has 1 aromatic rings. The van der Waals surface area contributed by atoms with Crippen LogP contribution in [-0.4, -0.2) is 22.8 Å². The molecule has 5 heteroatoms. The van der Waals surface area contributed by atoms with E-state index in [1.54, 1.807) is 12.1 Å². The van der Waals surface area contributed by atoms with Crippen molar-refractivity contribution < 1.29 is 10.0 Å². The molecule has 0 aliphatic heterocycles. The molecule has 0 aromatic heterocycles. The van der Waals surface area contributed by atoms with Crippen LogP contribution in [0, 0.1) is 0 Å². The number of amides is 2. The third-order valence-corrected chi connectivity index (χ3v) is 2.03. The summed E-state index contributed by atoms with van der Waals surface area (Å²) < 4.78 is 0. The van der Waals surface area contributed by atoms with Crippen molar-refractivity contribution >= 4 is 17.6 Å². The number of hydrogen-bond donors (Lipinski definition) is 2. The maximum absolute atomic E-state index is 10.5. The predicted molar refractivity (Wildman–Crippen MR) is 53.2 cm³/mol. The second-order valence-electron chi connectivity index (χ2n) is 2.84. The number of primary amides is 1. The van der Waals surface area contributed by atoms with Crippen LogP contribution in [0.4, 0.5) is 4.79 Å². The summed E-state index contributed by atoms with van der Waals surface area (Å²) in [6.45, 7) is 0.178. The normalized spacial score (nSPS) is 9.86. The SMILES string of the molecule is NC(=O)N(O)CCc1ccc(Cl)cc1. The van der Waals surface area contributed by atoms with Crippen LogP contribution in [-0.2, 0) is 6.42 Å². The number of carbonyl (C=O) groups excluding carboxylic acids is 1. The highest BCUT2D eigenvalue weighted by atomic mass is 35.5. The van der Waals surface area contributed by atoms with E-state index in [4.69, 9.17) is 22.5 Å². The van der Waals surface area contributed by atoms with Gasteiger partial charge in [-0.2, -0.15) is 0 Å². The number of urea groups is 1. The molecule has 1 rings (SSSR count). The van der Waals surface area contributed by atoms with Crippen LogP contribution in [0.1, 0.15) is 5.56 Å². The molecule has 2 amide bonds. The Morgan fingerprint density at radius 2 is 2.00 bits per heavy atom. The fourth-order valence-corrected chi connectivity index (χ4v) is 1.12. The summed E-state index contributed by atoms with van der Waals surface area (Å²) >= 11 is 5.69. The lowest BCUT2D eigenvalue weighted by Gasteiger charge is -2.11. The van der Waals surface area contributed by atoms with Crippen molar-refractivity contribution in [3.05, 3.63) is 34.9 Å². The van der Waals surface area contributed by atoms with E-state index in [-0.39, 0.29) is 6.54 Å². The Hall–Kier alpha value is -1.26. The highest BCUT2D eigenvalue weighted by Crippen LogP contribution is 2.09. The summed E-state index contributed by atoms with van der Waals surface area (Å²) in [5.41, 5.74) is 5.82. The molecule has 3 N–H and O–H groups in total. The summed E-state index contributed by atoms with van der Waals surface area (Å²) in [5, 5.41) is 10.1. The smallest absolute Gasteiger partial charge is 0.338 e. The molecule has 0 heterocycles. The largest absolute Gasteiger partial charge is 0.350 e. The van der Waals surface area contributed by atoms with Gasteiger partial charge in [0.15, 0.2) is 0 Å². The first-order valence-electron chi connectivity index (χ1n) is 4.10. The van der Waals surface area contributed by atoms with Gasteiger partial charge in [0.1, 0.15) is 0 Å². The van der Waals surface area contributed by atoms with Gasteiger partial charge in [0.05, 0.1) is 6.54 Å². The molecule has 0 saturated heterocycles. The first-order valence-corrected chi connectivity index (χ1v) is 4.47. The van der Waals surface area contributed by atoms with Crippen molar-refractivity contribution in [2.75, 3.05) is 6.54 Å². The third-order valence-electron chi connectivity index (χ3n) is 1.78. The average Bonchev–Trinajstić information content (AvgIpc) is 2.16. The first kappa shape index (κ1) is 10.8. The van der Waals surface area contributed by atoms with Gasteiger partial charge in [-0.3, -0.25) is 5.21 Å². The molecule has 0 aliphatic rings. The number of rotatable bonds is 3. The zero-order valence-corrected chi connectivity index (χ0v) is 8.24. The molecule has 0 bridgehead atoms. The second-order valence-corrected chi connectivity index (χ2v) is 3.27. The van der Waals surface area contributed by atoms with Crippen LogP contribution < -0.4 is 5.73 Å². The molecule has 0 aliphatic carbocycles. The molecule has 0 atom stereocenters. The summed E-state index contributed by atoms with van der Waals surface area (Å²) in [5.74, 6) is 0. The second kappa shape index (κ2) is 4.83. The summed E-state index contributed by atoms with van der Waals surface area (Å²) in [7, 11) is 0. The molecule has 1 aromatic carbocycles. The van der Waals surface area contributed by atoms with Crippen molar-refractivity contribution in [3.8, 4) is 0 Å². The van der Waals surface area contributed by atoms with E-state index in [0.29, 0.717) is 16.5 Å². The van der Waals surface area contributed by atoms with Crippen molar-refractivity contribution in [1.29, 1.82) is 0 Å². The standard InChI is InChI=1S/C9H11ClN2O2/c10-8-3-1-7(2-4-8)5-6-12(14)9(11)13/h1-4,14H,5-6H2,(H2,11,13). The van der Waals surface area contributed by atoms with Gasteiger partial charge in [-0.05, 0) is 24.1 Å². The Bertz CT molecular complexity index is 313. The maximum atomic E-state index is 10.5. The van der Waals surface area contributed by atoms with E-state index in [2.05, 4.69) is 0 Å². The number of nitrogens with zero attached hydrogens (tertiary/aromatic N) is 1. The zero-order chi connectivity index (χ0) is 10.6. The average molecular weight is 215 g/mol. The van der Waals surface area contributed by atoms with Crippen LogP contribution in [0.2, 0.25) is 5.02 Å². The lowest BCUT2D eigenvalue weighted by Crippen LogP contribution is -2.34. The molecule has 76 valence electrons. The highest BCUT2D eigenvalue weighted by Gasteiger charge is 2.04. The number of hydrogen-bond acceptors (Lipinski definition) is 2. The van der Waals surface area contributed by atoms with Crippen LogP contribution in [0.15, 0.2) is 24.3 Å². The van der Waals surface area contributed by atoms with Gasteiger partial charge in [-0.15, -0.1) is 0 Å². The Kier molecular flexibility index (Phi) is 3.73. The van der Waals surface area contributed by atoms with E-state index in [9.17, 15) is 4.79 Å². The van der Waals surface area contributed by atoms with Gasteiger partial charge < -0.3 is 5.73 Å². The molecular weight excluding hydrogens is 204 g/mol. The van der Waals surface area contributed by atoms with Gasteiger partial charge >= 0.3 is 6.03 Å². The zero-order valence-electron chi connectivity index (χ0n) is 7.48. The number of halogens is 1. The third kappa shape index (κ3) is 3.24. The molecule has 0 fully saturated rings. The molecular formula is C9H11ClN2O2. The highest BCUT2D eigenvalue weighted by molar-refractivity contribution is 6.30. The van der Waals surface area contributed by atoms with Crippen LogP contribution in [0.3, 0.4) is 0 Å². The molecule has 0 saturated carbocycles. The minimum atomic E-state index is -0.848. The Balaban J connectivity index is 2.46. The molecule has 0 unspecified atom stereocenters. The van der Waals surface area contributed by atoms with Crippen LogP contribution in [0.5, 0.6) is 0 Å². The maximum Gasteiger partial charge on any atom is 0.338 e. The van der Waals surface area contributed by atoms with Crippen molar-refractivity contribution in [3.63, 3.8) is 0 Å². The van der Waals surface area contributed by atoms with Crippen molar-refractivity contribution in [2.24, 2.45) is 5.73 Å². The minimum Gasteiger partial charge on any atom is -0.350 e. The quantitative estimate of drug-likeness (QED) is 0.594. The van der Waals surface area contributed by atoms with Gasteiger partial charge in [0.25, 0.3) is 0 Å². The monoisotopic (exact) mass is 214 g/mol. The minimum absolute atomic E-state index is 0.178. The Labute approximate surface area is 86.8 Å². The van der Waals surface area contributed by atoms with Gasteiger partial charge in [-0.25, -0.2) is 9.86 Å². The summed E-state index contributed by atoms with van der Waals surface area (Å²) in [6.07, 6.45) is 0.538. The molecule has 0 radical (unpaired) electrons. The number of hydroxylamine groups is 2. The van der Waals surface area contributed by atoms with Crippen molar-refractivity contribution in [2.45, 2.75) is 6.42 Å². The van der Waals surface area contributed by atoms with Gasteiger partial charge in [0.2, 0.25) is 0 Å². The van der Waals surface area contributed by atoms with E-state index in [0.717, 1.165) is 5.56 Å². The lowest BCUT2D eigenvalue weighted by molar-refractivity contribution is -0.0382. The fourth-order valence-electron chi connectivity index (χ4n) is 0.996. The van der Waals surface area contributed by atoms with E-state index < -0.39 is 6.03 Å². The number of carbonyl (C=O) groups is 1.